The van der Waals surface area contributed by atoms with Crippen molar-refractivity contribution in [2.24, 2.45) is 5.92 Å². The highest BCUT2D eigenvalue weighted by Gasteiger charge is 2.54. The number of halogens is 1. The zero-order valence-corrected chi connectivity index (χ0v) is 15.4. The normalized spacial score (nSPS) is 27.2. The zero-order chi connectivity index (χ0) is 18.3. The molecule has 2 aromatic rings. The number of aliphatic hydroxyl groups excluding tert-OH is 1. The van der Waals surface area contributed by atoms with Gasteiger partial charge in [0, 0.05) is 25.6 Å². The molecule has 0 bridgehead atoms. The predicted molar refractivity (Wildman–Crippen MR) is 95.2 cm³/mol. The number of nitrogens with zero attached hydrogens (tertiary/aromatic N) is 3. The summed E-state index contributed by atoms with van der Waals surface area (Å²) in [5, 5.41) is 14.7. The minimum atomic E-state index is -0.625. The zero-order valence-electron chi connectivity index (χ0n) is 15.4. The highest BCUT2D eigenvalue weighted by atomic mass is 19.1. The van der Waals surface area contributed by atoms with E-state index in [0.29, 0.717) is 12.5 Å². The number of hydrogen-bond acceptors (Lipinski definition) is 5. The third kappa shape index (κ3) is 3.05. The molecule has 3 atom stereocenters. The Balaban J connectivity index is 1.50. The maximum absolute atomic E-state index is 13.1. The van der Waals surface area contributed by atoms with Crippen molar-refractivity contribution >= 4 is 0 Å². The molecule has 6 heteroatoms. The Morgan fingerprint density at radius 1 is 1.35 bits per heavy atom. The van der Waals surface area contributed by atoms with Crippen LogP contribution in [0.3, 0.4) is 0 Å². The van der Waals surface area contributed by atoms with Gasteiger partial charge in [0.1, 0.15) is 5.82 Å². The summed E-state index contributed by atoms with van der Waals surface area (Å²) in [5.74, 6) is 1.99. The number of benzene rings is 1. The van der Waals surface area contributed by atoms with Gasteiger partial charge in [-0.2, -0.15) is 4.98 Å². The van der Waals surface area contributed by atoms with Crippen molar-refractivity contribution in [3.63, 3.8) is 0 Å². The molecule has 2 fully saturated rings. The first-order valence-corrected chi connectivity index (χ1v) is 9.48. The average Bonchev–Trinajstić information content (AvgIpc) is 3.28. The molecular weight excluding hydrogens is 333 g/mol. The van der Waals surface area contributed by atoms with Crippen molar-refractivity contribution in [1.29, 1.82) is 0 Å². The van der Waals surface area contributed by atoms with Gasteiger partial charge < -0.3 is 9.63 Å². The summed E-state index contributed by atoms with van der Waals surface area (Å²) in [5.41, 5.74) is 0.667. The molecule has 140 valence electrons. The van der Waals surface area contributed by atoms with E-state index in [-0.39, 0.29) is 17.2 Å². The topological polar surface area (TPSA) is 62.4 Å². The summed E-state index contributed by atoms with van der Waals surface area (Å²) < 4.78 is 18.8. The Morgan fingerprint density at radius 3 is 2.81 bits per heavy atom. The molecule has 2 heterocycles. The number of aliphatic hydroxyl groups is 1. The largest absolute Gasteiger partial charge is 0.387 e. The van der Waals surface area contributed by atoms with Crippen LogP contribution in [-0.2, 0) is 5.41 Å². The molecule has 26 heavy (non-hydrogen) atoms. The minimum Gasteiger partial charge on any atom is -0.387 e. The Bertz CT molecular complexity index is 761. The van der Waals surface area contributed by atoms with Crippen LogP contribution in [0.15, 0.2) is 28.8 Å². The smallest absolute Gasteiger partial charge is 0.234 e. The Hall–Kier alpha value is -1.79. The number of β-amino-alcohol motifs (C(OH)–C–C–N with tert-alkyl or cyclic N) is 1. The van der Waals surface area contributed by atoms with Gasteiger partial charge in [0.15, 0.2) is 5.82 Å². The summed E-state index contributed by atoms with van der Waals surface area (Å²) >= 11 is 0. The van der Waals surface area contributed by atoms with Gasteiger partial charge in [-0.15, -0.1) is 0 Å². The molecule has 0 amide bonds. The molecular formula is C20H26FN3O2. The van der Waals surface area contributed by atoms with Crippen molar-refractivity contribution < 1.29 is 14.0 Å². The summed E-state index contributed by atoms with van der Waals surface area (Å²) in [7, 11) is 0. The van der Waals surface area contributed by atoms with E-state index in [0.717, 1.165) is 43.2 Å². The maximum atomic E-state index is 13.1. The second-order valence-electron chi connectivity index (χ2n) is 8.12. The average molecular weight is 359 g/mol. The Kier molecular flexibility index (Phi) is 4.57. The van der Waals surface area contributed by atoms with E-state index >= 15 is 0 Å². The molecule has 0 spiro atoms. The van der Waals surface area contributed by atoms with Gasteiger partial charge in [0.2, 0.25) is 5.89 Å². The molecule has 0 unspecified atom stereocenters. The van der Waals surface area contributed by atoms with Crippen LogP contribution in [0.25, 0.3) is 0 Å². The van der Waals surface area contributed by atoms with Gasteiger partial charge in [0.25, 0.3) is 0 Å². The van der Waals surface area contributed by atoms with Crippen LogP contribution < -0.4 is 0 Å². The lowest BCUT2D eigenvalue weighted by molar-refractivity contribution is 0.119. The fraction of sp³-hybridized carbons (Fsp3) is 0.600. The van der Waals surface area contributed by atoms with Crippen molar-refractivity contribution in [2.75, 3.05) is 19.6 Å². The summed E-state index contributed by atoms with van der Waals surface area (Å²) in [6.07, 6.45) is 2.77. The number of hydrogen-bond donors (Lipinski definition) is 1. The Labute approximate surface area is 153 Å². The maximum Gasteiger partial charge on any atom is 0.234 e. The summed E-state index contributed by atoms with van der Waals surface area (Å²) in [6, 6.07) is 6.09. The van der Waals surface area contributed by atoms with Crippen molar-refractivity contribution in [3.05, 3.63) is 47.4 Å². The lowest BCUT2D eigenvalue weighted by atomic mass is 9.80. The van der Waals surface area contributed by atoms with Crippen molar-refractivity contribution in [2.45, 2.75) is 50.5 Å². The minimum absolute atomic E-state index is 0.0807. The monoisotopic (exact) mass is 359 g/mol. The molecule has 1 aromatic carbocycles. The highest BCUT2D eigenvalue weighted by Crippen LogP contribution is 2.50. The number of aromatic nitrogens is 2. The van der Waals surface area contributed by atoms with Crippen LogP contribution in [0.5, 0.6) is 0 Å². The molecule has 1 aliphatic heterocycles. The molecule has 1 aliphatic carbocycles. The van der Waals surface area contributed by atoms with E-state index in [9.17, 15) is 9.50 Å². The molecule has 1 saturated carbocycles. The van der Waals surface area contributed by atoms with Crippen LogP contribution in [0.1, 0.15) is 62.4 Å². The molecule has 2 aliphatic rings. The SMILES string of the molecule is CC(C)c1noc([C@@]23CCC[C@@H]2CN(C[C@H](O)c2ccc(F)cc2)C3)n1. The van der Waals surface area contributed by atoms with Gasteiger partial charge in [-0.1, -0.05) is 37.6 Å². The fourth-order valence-corrected chi connectivity index (χ4v) is 4.59. The molecule has 4 rings (SSSR count). The van der Waals surface area contributed by atoms with Gasteiger partial charge in [-0.05, 0) is 36.5 Å². The summed E-state index contributed by atoms with van der Waals surface area (Å²) in [6.45, 7) is 6.43. The van der Waals surface area contributed by atoms with Crippen LogP contribution >= 0.6 is 0 Å². The van der Waals surface area contributed by atoms with E-state index in [1.165, 1.54) is 18.6 Å². The van der Waals surface area contributed by atoms with Crippen LogP contribution in [0, 0.1) is 11.7 Å². The van der Waals surface area contributed by atoms with Gasteiger partial charge in [0.05, 0.1) is 11.5 Å². The third-order valence-electron chi connectivity index (χ3n) is 6.01. The number of fused-ring (bicyclic) bond motifs is 1. The Morgan fingerprint density at radius 2 is 2.12 bits per heavy atom. The number of rotatable bonds is 5. The van der Waals surface area contributed by atoms with Gasteiger partial charge in [-0.25, -0.2) is 4.39 Å². The lowest BCUT2D eigenvalue weighted by Crippen LogP contribution is -2.33. The first kappa shape index (κ1) is 17.6. The predicted octanol–water partition coefficient (Wildman–Crippen LogP) is 3.42. The van der Waals surface area contributed by atoms with Gasteiger partial charge in [-0.3, -0.25) is 4.90 Å². The second-order valence-corrected chi connectivity index (χ2v) is 8.12. The summed E-state index contributed by atoms with van der Waals surface area (Å²) in [4.78, 5) is 6.99. The third-order valence-corrected chi connectivity index (χ3v) is 6.01. The van der Waals surface area contributed by atoms with Crippen LogP contribution in [-0.4, -0.2) is 39.8 Å². The highest BCUT2D eigenvalue weighted by molar-refractivity contribution is 5.21. The first-order valence-electron chi connectivity index (χ1n) is 9.48. The molecule has 1 N–H and O–H groups in total. The van der Waals surface area contributed by atoms with E-state index in [2.05, 4.69) is 23.9 Å². The van der Waals surface area contributed by atoms with E-state index in [1.54, 1.807) is 12.1 Å². The molecule has 0 radical (unpaired) electrons. The number of likely N-dealkylation sites (tertiary alicyclic amines) is 1. The van der Waals surface area contributed by atoms with Gasteiger partial charge >= 0.3 is 0 Å². The molecule has 5 nitrogen and oxygen atoms in total. The van der Waals surface area contributed by atoms with E-state index < -0.39 is 6.10 Å². The fourth-order valence-electron chi connectivity index (χ4n) is 4.59. The van der Waals surface area contributed by atoms with Crippen LogP contribution in [0.4, 0.5) is 4.39 Å². The van der Waals surface area contributed by atoms with E-state index in [1.807, 2.05) is 0 Å². The van der Waals surface area contributed by atoms with Crippen molar-refractivity contribution in [3.8, 4) is 0 Å². The molecule has 1 saturated heterocycles. The molecule has 1 aromatic heterocycles. The first-order chi connectivity index (χ1) is 12.5. The standard InChI is InChI=1S/C20H26FN3O2/c1-13(2)18-22-19(26-23-18)20-9-3-4-15(20)10-24(12-20)11-17(25)14-5-7-16(21)8-6-14/h5-8,13,15,17,25H,3-4,9-12H2,1-2H3/t15-,17+,20-/m1/s1. The quantitative estimate of drug-likeness (QED) is 0.886. The second kappa shape index (κ2) is 6.74. The van der Waals surface area contributed by atoms with Crippen LogP contribution in [0.2, 0.25) is 0 Å². The van der Waals surface area contributed by atoms with E-state index in [4.69, 9.17) is 9.51 Å². The lowest BCUT2D eigenvalue weighted by Gasteiger charge is -2.25. The van der Waals surface area contributed by atoms with Crippen molar-refractivity contribution in [1.82, 2.24) is 15.0 Å².